The van der Waals surface area contributed by atoms with Crippen LogP contribution in [0.25, 0.3) is 11.1 Å². The van der Waals surface area contributed by atoms with Crippen molar-refractivity contribution in [3.05, 3.63) is 71.3 Å². The van der Waals surface area contributed by atoms with Gasteiger partial charge in [0.25, 0.3) is 11.8 Å². The first-order valence-electron chi connectivity index (χ1n) is 9.96. The summed E-state index contributed by atoms with van der Waals surface area (Å²) >= 11 is 0. The highest BCUT2D eigenvalue weighted by atomic mass is 19.4. The van der Waals surface area contributed by atoms with Gasteiger partial charge in [-0.25, -0.2) is 13.6 Å². The smallest absolute Gasteiger partial charge is 0.416 e. The van der Waals surface area contributed by atoms with Crippen LogP contribution in [0.3, 0.4) is 0 Å². The Morgan fingerprint density at radius 1 is 1.06 bits per heavy atom. The summed E-state index contributed by atoms with van der Waals surface area (Å²) in [6.45, 7) is 1.63. The average molecular weight is 482 g/mol. The Bertz CT molecular complexity index is 1200. The van der Waals surface area contributed by atoms with Gasteiger partial charge >= 0.3 is 12.1 Å². The topological polar surface area (TPSA) is 94.7 Å². The molecule has 0 amide bonds. The van der Waals surface area contributed by atoms with E-state index in [0.29, 0.717) is 23.3 Å². The first-order valence-corrected chi connectivity index (χ1v) is 9.96. The number of aliphatic carboxylic acids is 1. The minimum absolute atomic E-state index is 0.0527. The number of carboxylic acid groups (broad SMARTS) is 1. The number of alkyl halides is 3. The van der Waals surface area contributed by atoms with E-state index in [0.717, 1.165) is 6.07 Å². The number of carbonyl (C=O) groups is 1. The SMILES string of the molecule is CC[C@@H](Oc1nc(Oc2cc(-c3cccc(CN)c3)cc(C(F)(F)F)c2)c(F)cc1F)C(=O)O. The van der Waals surface area contributed by atoms with Crippen LogP contribution in [0.2, 0.25) is 0 Å². The van der Waals surface area contributed by atoms with E-state index in [-0.39, 0.29) is 18.5 Å². The Morgan fingerprint density at radius 2 is 1.76 bits per heavy atom. The lowest BCUT2D eigenvalue weighted by Crippen LogP contribution is -2.26. The third kappa shape index (κ3) is 5.79. The normalized spacial score (nSPS) is 12.3. The predicted molar refractivity (Wildman–Crippen MR) is 111 cm³/mol. The van der Waals surface area contributed by atoms with E-state index in [1.165, 1.54) is 13.0 Å². The summed E-state index contributed by atoms with van der Waals surface area (Å²) in [5.41, 5.74) is 5.71. The second-order valence-electron chi connectivity index (χ2n) is 7.17. The fraction of sp³-hybridized carbons (Fsp3) is 0.217. The third-order valence-electron chi connectivity index (χ3n) is 4.71. The standard InChI is InChI=1S/C23H19F5N2O4/c1-2-19(22(31)32)34-21-18(25)10-17(24)20(30-21)33-16-8-14(7-15(9-16)23(26,27)28)13-5-3-4-12(6-13)11-29/h3-10,19H,2,11,29H2,1H3,(H,31,32)/t19-/m1/s1. The minimum atomic E-state index is -4.75. The van der Waals surface area contributed by atoms with Gasteiger partial charge in [-0.3, -0.25) is 0 Å². The highest BCUT2D eigenvalue weighted by molar-refractivity contribution is 5.72. The van der Waals surface area contributed by atoms with E-state index in [1.807, 2.05) is 0 Å². The van der Waals surface area contributed by atoms with Crippen LogP contribution in [0.15, 0.2) is 48.5 Å². The number of carboxylic acids is 1. The molecular weight excluding hydrogens is 463 g/mol. The molecule has 2 aromatic carbocycles. The zero-order valence-corrected chi connectivity index (χ0v) is 17.7. The Morgan fingerprint density at radius 3 is 2.38 bits per heavy atom. The Balaban J connectivity index is 2.04. The molecule has 0 aliphatic carbocycles. The summed E-state index contributed by atoms with van der Waals surface area (Å²) in [6, 6.07) is 9.58. The Hall–Kier alpha value is -3.73. The van der Waals surface area contributed by atoms with Gasteiger partial charge in [0.05, 0.1) is 5.56 Å². The van der Waals surface area contributed by atoms with Crippen LogP contribution in [0.5, 0.6) is 17.5 Å². The van der Waals surface area contributed by atoms with Gasteiger partial charge in [0.1, 0.15) is 5.75 Å². The number of rotatable bonds is 8. The molecule has 0 spiro atoms. The highest BCUT2D eigenvalue weighted by Gasteiger charge is 2.32. The van der Waals surface area contributed by atoms with Gasteiger partial charge in [-0.1, -0.05) is 25.1 Å². The third-order valence-corrected chi connectivity index (χ3v) is 4.71. The Labute approximate surface area is 190 Å². The van der Waals surface area contributed by atoms with Crippen LogP contribution in [0.4, 0.5) is 22.0 Å². The molecule has 0 aliphatic rings. The Kier molecular flexibility index (Phi) is 7.35. The number of hydrogen-bond acceptors (Lipinski definition) is 5. The number of ether oxygens (including phenoxy) is 2. The lowest BCUT2D eigenvalue weighted by atomic mass is 10.0. The molecule has 180 valence electrons. The fourth-order valence-corrected chi connectivity index (χ4v) is 3.01. The van der Waals surface area contributed by atoms with Crippen LogP contribution in [-0.2, 0) is 17.5 Å². The molecule has 0 bridgehead atoms. The van der Waals surface area contributed by atoms with Crippen molar-refractivity contribution < 1.29 is 41.3 Å². The van der Waals surface area contributed by atoms with Crippen molar-refractivity contribution >= 4 is 5.97 Å². The molecule has 1 atom stereocenters. The number of hydrogen-bond donors (Lipinski definition) is 2. The summed E-state index contributed by atoms with van der Waals surface area (Å²) in [4.78, 5) is 14.6. The van der Waals surface area contributed by atoms with Crippen LogP contribution in [-0.4, -0.2) is 22.2 Å². The quantitative estimate of drug-likeness (QED) is 0.410. The van der Waals surface area contributed by atoms with Gasteiger partial charge in [0.2, 0.25) is 0 Å². The molecule has 0 aliphatic heterocycles. The number of halogens is 5. The van der Waals surface area contributed by atoms with E-state index in [2.05, 4.69) is 4.98 Å². The van der Waals surface area contributed by atoms with Gasteiger partial charge in [-0.2, -0.15) is 18.2 Å². The first kappa shape index (κ1) is 24.9. The van der Waals surface area contributed by atoms with Crippen LogP contribution < -0.4 is 15.2 Å². The zero-order chi connectivity index (χ0) is 25.0. The van der Waals surface area contributed by atoms with E-state index >= 15 is 0 Å². The summed E-state index contributed by atoms with van der Waals surface area (Å²) in [7, 11) is 0. The maximum Gasteiger partial charge on any atom is 0.416 e. The van der Waals surface area contributed by atoms with Crippen molar-refractivity contribution in [2.24, 2.45) is 5.73 Å². The number of aromatic nitrogens is 1. The van der Waals surface area contributed by atoms with E-state index < -0.39 is 53.0 Å². The second-order valence-corrected chi connectivity index (χ2v) is 7.17. The molecule has 3 N–H and O–H groups in total. The lowest BCUT2D eigenvalue weighted by Gasteiger charge is -2.16. The molecule has 0 unspecified atom stereocenters. The van der Waals surface area contributed by atoms with Crippen LogP contribution in [0, 0.1) is 11.6 Å². The molecule has 1 heterocycles. The van der Waals surface area contributed by atoms with Crippen LogP contribution in [0.1, 0.15) is 24.5 Å². The van der Waals surface area contributed by atoms with E-state index in [1.54, 1.807) is 24.3 Å². The van der Waals surface area contributed by atoms with Crippen molar-refractivity contribution in [1.82, 2.24) is 4.98 Å². The molecule has 3 rings (SSSR count). The molecule has 6 nitrogen and oxygen atoms in total. The van der Waals surface area contributed by atoms with Crippen molar-refractivity contribution in [1.29, 1.82) is 0 Å². The monoisotopic (exact) mass is 482 g/mol. The number of benzene rings is 2. The average Bonchev–Trinajstić information content (AvgIpc) is 2.79. The van der Waals surface area contributed by atoms with Crippen molar-refractivity contribution in [3.63, 3.8) is 0 Å². The predicted octanol–water partition coefficient (Wildman–Crippen LogP) is 5.54. The van der Waals surface area contributed by atoms with Gasteiger partial charge in [0.15, 0.2) is 17.7 Å². The van der Waals surface area contributed by atoms with Crippen molar-refractivity contribution in [3.8, 4) is 28.6 Å². The number of pyridine rings is 1. The minimum Gasteiger partial charge on any atom is -0.479 e. The van der Waals surface area contributed by atoms with Gasteiger partial charge in [-0.05, 0) is 47.4 Å². The molecule has 1 aromatic heterocycles. The highest BCUT2D eigenvalue weighted by Crippen LogP contribution is 2.37. The largest absolute Gasteiger partial charge is 0.479 e. The maximum absolute atomic E-state index is 14.3. The molecule has 34 heavy (non-hydrogen) atoms. The summed E-state index contributed by atoms with van der Waals surface area (Å²) in [5, 5.41) is 9.07. The van der Waals surface area contributed by atoms with Crippen LogP contribution >= 0.6 is 0 Å². The molecule has 11 heteroatoms. The first-order chi connectivity index (χ1) is 16.0. The van der Waals surface area contributed by atoms with E-state index in [4.69, 9.17) is 20.3 Å². The van der Waals surface area contributed by atoms with Gasteiger partial charge in [-0.15, -0.1) is 0 Å². The number of nitrogens with two attached hydrogens (primary N) is 1. The van der Waals surface area contributed by atoms with E-state index in [9.17, 15) is 26.7 Å². The molecule has 0 saturated heterocycles. The second kappa shape index (κ2) is 10.0. The van der Waals surface area contributed by atoms with Gasteiger partial charge in [0, 0.05) is 12.6 Å². The fourth-order valence-electron chi connectivity index (χ4n) is 3.01. The molecule has 0 fully saturated rings. The lowest BCUT2D eigenvalue weighted by molar-refractivity contribution is -0.145. The molecule has 3 aromatic rings. The summed E-state index contributed by atoms with van der Waals surface area (Å²) < 4.78 is 79.1. The molecule has 0 radical (unpaired) electrons. The zero-order valence-electron chi connectivity index (χ0n) is 17.7. The summed E-state index contributed by atoms with van der Waals surface area (Å²) in [6.07, 6.45) is -6.28. The molecular formula is C23H19F5N2O4. The summed E-state index contributed by atoms with van der Waals surface area (Å²) in [5.74, 6) is -6.22. The maximum atomic E-state index is 14.3. The van der Waals surface area contributed by atoms with Crippen molar-refractivity contribution in [2.75, 3.05) is 0 Å². The number of nitrogens with zero attached hydrogens (tertiary/aromatic N) is 1. The van der Waals surface area contributed by atoms with Crippen molar-refractivity contribution in [2.45, 2.75) is 32.2 Å². The molecule has 0 saturated carbocycles. The van der Waals surface area contributed by atoms with Gasteiger partial charge < -0.3 is 20.3 Å².